The van der Waals surface area contributed by atoms with E-state index >= 15 is 0 Å². The average molecular weight is 170 g/mol. The summed E-state index contributed by atoms with van der Waals surface area (Å²) in [6.07, 6.45) is -4.99. The van der Waals surface area contributed by atoms with Crippen LogP contribution in [0.4, 0.5) is 13.2 Å². The van der Waals surface area contributed by atoms with Gasteiger partial charge < -0.3 is 5.11 Å². The molecule has 1 fully saturated rings. The number of aliphatic carboxylic acids is 1. The molecule has 0 spiro atoms. The van der Waals surface area contributed by atoms with Gasteiger partial charge in [-0.05, 0) is 12.8 Å². The van der Waals surface area contributed by atoms with Crippen molar-refractivity contribution in [3.05, 3.63) is 0 Å². The van der Waals surface area contributed by atoms with Crippen molar-refractivity contribution in [2.45, 2.75) is 24.8 Å². The Kier molecular flexibility index (Phi) is 1.59. The maximum atomic E-state index is 11.5. The molecular formula is C5H5F3O3. The lowest BCUT2D eigenvalue weighted by atomic mass is 10.3. The monoisotopic (exact) mass is 170 g/mol. The van der Waals surface area contributed by atoms with Gasteiger partial charge in [0.05, 0.1) is 0 Å². The molecule has 3 nitrogen and oxygen atoms in total. The molecule has 0 aromatic heterocycles. The van der Waals surface area contributed by atoms with Crippen molar-refractivity contribution in [3.8, 4) is 0 Å². The van der Waals surface area contributed by atoms with E-state index in [0.717, 1.165) is 0 Å². The Balaban J connectivity index is 2.55. The van der Waals surface area contributed by atoms with Crippen molar-refractivity contribution < 1.29 is 27.8 Å². The maximum absolute atomic E-state index is 11.5. The van der Waals surface area contributed by atoms with E-state index < -0.39 is 17.9 Å². The van der Waals surface area contributed by atoms with E-state index in [0.29, 0.717) is 0 Å². The topological polar surface area (TPSA) is 46.5 Å². The molecule has 0 bridgehead atoms. The minimum atomic E-state index is -4.85. The van der Waals surface area contributed by atoms with Gasteiger partial charge in [-0.1, -0.05) is 0 Å². The molecule has 0 radical (unpaired) electrons. The van der Waals surface area contributed by atoms with Gasteiger partial charge >= 0.3 is 12.3 Å². The van der Waals surface area contributed by atoms with Crippen LogP contribution >= 0.6 is 0 Å². The first-order chi connectivity index (χ1) is 4.86. The third-order valence-corrected chi connectivity index (χ3v) is 1.40. The summed E-state index contributed by atoms with van der Waals surface area (Å²) in [4.78, 5) is 10.1. The minimum Gasteiger partial charge on any atom is -0.479 e. The van der Waals surface area contributed by atoms with Crippen LogP contribution in [-0.2, 0) is 9.53 Å². The molecular weight excluding hydrogens is 165 g/mol. The molecule has 1 rings (SSSR count). The Labute approximate surface area is 59.8 Å². The van der Waals surface area contributed by atoms with Crippen molar-refractivity contribution in [2.75, 3.05) is 0 Å². The largest absolute Gasteiger partial charge is 0.523 e. The van der Waals surface area contributed by atoms with E-state index in [-0.39, 0.29) is 12.8 Å². The second kappa shape index (κ2) is 2.10. The SMILES string of the molecule is O=C(O)C1(OC(F)(F)F)CC1. The van der Waals surface area contributed by atoms with E-state index in [1.807, 2.05) is 0 Å². The van der Waals surface area contributed by atoms with Crippen LogP contribution in [0.2, 0.25) is 0 Å². The van der Waals surface area contributed by atoms with Gasteiger partial charge in [0.1, 0.15) is 0 Å². The molecule has 1 N–H and O–H groups in total. The minimum absolute atomic E-state index is 0.0676. The fourth-order valence-electron chi connectivity index (χ4n) is 0.695. The zero-order valence-corrected chi connectivity index (χ0v) is 5.31. The molecule has 0 amide bonds. The number of carbonyl (C=O) groups is 1. The molecule has 64 valence electrons. The van der Waals surface area contributed by atoms with E-state index in [1.165, 1.54) is 0 Å². The smallest absolute Gasteiger partial charge is 0.479 e. The fraction of sp³-hybridized carbons (Fsp3) is 0.800. The quantitative estimate of drug-likeness (QED) is 0.675. The van der Waals surface area contributed by atoms with Crippen LogP contribution in [0.15, 0.2) is 0 Å². The Morgan fingerprint density at radius 1 is 1.45 bits per heavy atom. The normalized spacial score (nSPS) is 21.4. The highest BCUT2D eigenvalue weighted by atomic mass is 19.4. The van der Waals surface area contributed by atoms with Crippen molar-refractivity contribution in [1.29, 1.82) is 0 Å². The molecule has 0 atom stereocenters. The van der Waals surface area contributed by atoms with Crippen LogP contribution in [0.25, 0.3) is 0 Å². The number of halogens is 3. The number of rotatable bonds is 2. The summed E-state index contributed by atoms with van der Waals surface area (Å²) in [5.41, 5.74) is -1.97. The fourth-order valence-corrected chi connectivity index (χ4v) is 0.695. The number of carboxylic acid groups (broad SMARTS) is 1. The van der Waals surface area contributed by atoms with Gasteiger partial charge in [0.15, 0.2) is 5.60 Å². The lowest BCUT2D eigenvalue weighted by molar-refractivity contribution is -0.345. The molecule has 1 saturated carbocycles. The molecule has 11 heavy (non-hydrogen) atoms. The van der Waals surface area contributed by atoms with Gasteiger partial charge in [-0.2, -0.15) is 0 Å². The van der Waals surface area contributed by atoms with Crippen molar-refractivity contribution in [1.82, 2.24) is 0 Å². The predicted octanol–water partition coefficient (Wildman–Crippen LogP) is 1.14. The Morgan fingerprint density at radius 3 is 2.00 bits per heavy atom. The molecule has 1 aliphatic rings. The van der Waals surface area contributed by atoms with Crippen molar-refractivity contribution >= 4 is 5.97 Å². The number of carboxylic acids is 1. The van der Waals surface area contributed by atoms with Crippen LogP contribution in [0.3, 0.4) is 0 Å². The summed E-state index contributed by atoms with van der Waals surface area (Å²) in [5, 5.41) is 8.24. The van der Waals surface area contributed by atoms with E-state index in [9.17, 15) is 18.0 Å². The molecule has 0 unspecified atom stereocenters. The summed E-state index contributed by atoms with van der Waals surface area (Å²) in [6.45, 7) is 0. The highest BCUT2D eigenvalue weighted by Crippen LogP contribution is 2.44. The lowest BCUT2D eigenvalue weighted by Crippen LogP contribution is -2.32. The zero-order valence-electron chi connectivity index (χ0n) is 5.31. The summed E-state index contributed by atoms with van der Waals surface area (Å²) in [5.74, 6) is -1.55. The molecule has 0 aromatic rings. The van der Waals surface area contributed by atoms with Gasteiger partial charge in [0, 0.05) is 0 Å². The summed E-state index contributed by atoms with van der Waals surface area (Å²) < 4.78 is 37.8. The lowest BCUT2D eigenvalue weighted by Gasteiger charge is -2.12. The number of hydrogen-bond donors (Lipinski definition) is 1. The second-order valence-corrected chi connectivity index (χ2v) is 2.35. The van der Waals surface area contributed by atoms with Crippen molar-refractivity contribution in [2.24, 2.45) is 0 Å². The van der Waals surface area contributed by atoms with Crippen molar-refractivity contribution in [3.63, 3.8) is 0 Å². The van der Waals surface area contributed by atoms with Gasteiger partial charge in [-0.25, -0.2) is 4.79 Å². The first kappa shape index (κ1) is 8.32. The second-order valence-electron chi connectivity index (χ2n) is 2.35. The Hall–Kier alpha value is -0.780. The molecule has 6 heteroatoms. The van der Waals surface area contributed by atoms with E-state index in [4.69, 9.17) is 5.11 Å². The number of alkyl halides is 3. The highest BCUT2D eigenvalue weighted by Gasteiger charge is 2.58. The summed E-state index contributed by atoms with van der Waals surface area (Å²) >= 11 is 0. The number of ether oxygens (including phenoxy) is 1. The first-order valence-electron chi connectivity index (χ1n) is 2.86. The number of hydrogen-bond acceptors (Lipinski definition) is 2. The third kappa shape index (κ3) is 1.83. The van der Waals surface area contributed by atoms with Crippen LogP contribution in [0.1, 0.15) is 12.8 Å². The average Bonchev–Trinajstić information content (AvgIpc) is 2.43. The van der Waals surface area contributed by atoms with Gasteiger partial charge in [0.25, 0.3) is 0 Å². The Morgan fingerprint density at radius 2 is 1.91 bits per heavy atom. The van der Waals surface area contributed by atoms with Gasteiger partial charge in [-0.3, -0.25) is 4.74 Å². The predicted molar refractivity (Wildman–Crippen MR) is 26.7 cm³/mol. The highest BCUT2D eigenvalue weighted by molar-refractivity contribution is 5.80. The van der Waals surface area contributed by atoms with E-state index in [2.05, 4.69) is 4.74 Å². The zero-order chi connectivity index (χ0) is 8.70. The molecule has 1 aliphatic carbocycles. The Bertz CT molecular complexity index is 182. The third-order valence-electron chi connectivity index (χ3n) is 1.40. The standard InChI is InChI=1S/C5H5F3O3/c6-5(7,8)11-4(1-2-4)3(9)10/h1-2H2,(H,9,10). The molecule has 0 saturated heterocycles. The summed E-state index contributed by atoms with van der Waals surface area (Å²) in [7, 11) is 0. The van der Waals surface area contributed by atoms with E-state index in [1.54, 1.807) is 0 Å². The van der Waals surface area contributed by atoms with Gasteiger partial charge in [-0.15, -0.1) is 13.2 Å². The van der Waals surface area contributed by atoms with Crippen LogP contribution in [0.5, 0.6) is 0 Å². The molecule has 0 heterocycles. The summed E-state index contributed by atoms with van der Waals surface area (Å²) in [6, 6.07) is 0. The van der Waals surface area contributed by atoms with Crippen LogP contribution in [-0.4, -0.2) is 23.0 Å². The molecule has 0 aliphatic heterocycles. The van der Waals surface area contributed by atoms with Crippen LogP contribution in [0, 0.1) is 0 Å². The van der Waals surface area contributed by atoms with Gasteiger partial charge in [0.2, 0.25) is 0 Å². The first-order valence-corrected chi connectivity index (χ1v) is 2.86. The maximum Gasteiger partial charge on any atom is 0.523 e. The molecule has 0 aromatic carbocycles. The van der Waals surface area contributed by atoms with Crippen LogP contribution < -0.4 is 0 Å².